The first kappa shape index (κ1) is 21.5. The zero-order valence-corrected chi connectivity index (χ0v) is 17.9. The predicted octanol–water partition coefficient (Wildman–Crippen LogP) is 3.65. The molecule has 1 aromatic heterocycles. The highest BCUT2D eigenvalue weighted by atomic mass is 35.5. The molecule has 0 bridgehead atoms. The second-order valence-electron chi connectivity index (χ2n) is 6.46. The van der Waals surface area contributed by atoms with Crippen molar-refractivity contribution in [3.8, 4) is 0 Å². The molecule has 29 heavy (non-hydrogen) atoms. The van der Waals surface area contributed by atoms with Crippen molar-refractivity contribution >= 4 is 38.9 Å². The summed E-state index contributed by atoms with van der Waals surface area (Å²) in [5.41, 5.74) is 1.91. The van der Waals surface area contributed by atoms with Crippen molar-refractivity contribution in [3.63, 3.8) is 0 Å². The lowest BCUT2D eigenvalue weighted by molar-refractivity contribution is -0.122. The Morgan fingerprint density at radius 2 is 1.69 bits per heavy atom. The second-order valence-corrected chi connectivity index (χ2v) is 9.79. The standard InChI is InChI=1S/C21H21ClN2O3S2/c22-18-10-8-16(9-11-18)12-13-23-21(25)19(15-17-5-2-1-3-6-17)24-29(26,27)20-7-4-14-28-20/h1-11,14,19,24H,12-13,15H2,(H,23,25)/t19-/m0/s1. The minimum absolute atomic E-state index is 0.185. The van der Waals surface area contributed by atoms with Gasteiger partial charge in [-0.3, -0.25) is 4.79 Å². The maximum absolute atomic E-state index is 12.8. The molecule has 0 saturated carbocycles. The van der Waals surface area contributed by atoms with Crippen molar-refractivity contribution in [2.45, 2.75) is 23.1 Å². The summed E-state index contributed by atoms with van der Waals surface area (Å²) < 4.78 is 28.0. The Balaban J connectivity index is 1.67. The van der Waals surface area contributed by atoms with Crippen LogP contribution < -0.4 is 10.0 Å². The molecule has 0 radical (unpaired) electrons. The number of carbonyl (C=O) groups excluding carboxylic acids is 1. The lowest BCUT2D eigenvalue weighted by atomic mass is 10.1. The van der Waals surface area contributed by atoms with E-state index in [9.17, 15) is 13.2 Å². The molecule has 3 rings (SSSR count). The fourth-order valence-electron chi connectivity index (χ4n) is 2.80. The first-order chi connectivity index (χ1) is 13.9. The van der Waals surface area contributed by atoms with E-state index >= 15 is 0 Å². The van der Waals surface area contributed by atoms with E-state index in [0.717, 1.165) is 22.5 Å². The lowest BCUT2D eigenvalue weighted by Crippen LogP contribution is -2.48. The first-order valence-electron chi connectivity index (χ1n) is 9.06. The summed E-state index contributed by atoms with van der Waals surface area (Å²) in [4.78, 5) is 12.8. The molecule has 0 fully saturated rings. The molecule has 0 aliphatic carbocycles. The zero-order chi connectivity index (χ0) is 20.7. The van der Waals surface area contributed by atoms with Crippen LogP contribution in [-0.2, 0) is 27.7 Å². The summed E-state index contributed by atoms with van der Waals surface area (Å²) in [5, 5.41) is 5.18. The van der Waals surface area contributed by atoms with Gasteiger partial charge in [-0.15, -0.1) is 11.3 Å². The van der Waals surface area contributed by atoms with Gasteiger partial charge in [0.05, 0.1) is 0 Å². The number of hydrogen-bond acceptors (Lipinski definition) is 4. The summed E-state index contributed by atoms with van der Waals surface area (Å²) in [7, 11) is -3.77. The van der Waals surface area contributed by atoms with Gasteiger partial charge in [0, 0.05) is 11.6 Å². The van der Waals surface area contributed by atoms with Gasteiger partial charge in [0.1, 0.15) is 10.3 Å². The van der Waals surface area contributed by atoms with Gasteiger partial charge in [-0.25, -0.2) is 8.42 Å². The van der Waals surface area contributed by atoms with E-state index < -0.39 is 16.1 Å². The van der Waals surface area contributed by atoms with E-state index in [2.05, 4.69) is 10.0 Å². The number of sulfonamides is 1. The molecule has 8 heteroatoms. The van der Waals surface area contributed by atoms with E-state index in [0.29, 0.717) is 18.0 Å². The Hall–Kier alpha value is -2.19. The van der Waals surface area contributed by atoms with Crippen LogP contribution in [0.15, 0.2) is 76.3 Å². The monoisotopic (exact) mass is 448 g/mol. The number of halogens is 1. The molecular formula is C21H21ClN2O3S2. The molecular weight excluding hydrogens is 428 g/mol. The van der Waals surface area contributed by atoms with Crippen LogP contribution >= 0.6 is 22.9 Å². The quantitative estimate of drug-likeness (QED) is 0.524. The molecule has 0 unspecified atom stereocenters. The van der Waals surface area contributed by atoms with Gasteiger partial charge in [0.25, 0.3) is 10.0 Å². The van der Waals surface area contributed by atoms with Crippen LogP contribution in [0.2, 0.25) is 5.02 Å². The maximum Gasteiger partial charge on any atom is 0.250 e. The summed E-state index contributed by atoms with van der Waals surface area (Å²) in [6.07, 6.45) is 0.886. The molecule has 0 aliphatic heterocycles. The van der Waals surface area contributed by atoms with Crippen molar-refractivity contribution in [1.82, 2.24) is 10.0 Å². The van der Waals surface area contributed by atoms with Gasteiger partial charge >= 0.3 is 0 Å². The number of amides is 1. The maximum atomic E-state index is 12.8. The van der Waals surface area contributed by atoms with Crippen LogP contribution in [0.25, 0.3) is 0 Å². The van der Waals surface area contributed by atoms with E-state index in [1.807, 2.05) is 42.5 Å². The normalized spacial score (nSPS) is 12.4. The fraction of sp³-hybridized carbons (Fsp3) is 0.190. The Kier molecular flexibility index (Phi) is 7.44. The van der Waals surface area contributed by atoms with Gasteiger partial charge in [-0.2, -0.15) is 4.72 Å². The van der Waals surface area contributed by atoms with Crippen LogP contribution in [0.1, 0.15) is 11.1 Å². The molecule has 152 valence electrons. The van der Waals surface area contributed by atoms with Crippen LogP contribution in [0.3, 0.4) is 0 Å². The van der Waals surface area contributed by atoms with Crippen LogP contribution in [0, 0.1) is 0 Å². The summed E-state index contributed by atoms with van der Waals surface area (Å²) >= 11 is 7.00. The molecule has 2 aromatic carbocycles. The summed E-state index contributed by atoms with van der Waals surface area (Å²) in [6, 6.07) is 19.0. The van der Waals surface area contributed by atoms with Gasteiger partial charge in [-0.1, -0.05) is 60.1 Å². The third kappa shape index (κ3) is 6.40. The van der Waals surface area contributed by atoms with E-state index in [-0.39, 0.29) is 16.5 Å². The average molecular weight is 449 g/mol. The van der Waals surface area contributed by atoms with Crippen molar-refractivity contribution in [3.05, 3.63) is 88.3 Å². The Morgan fingerprint density at radius 1 is 0.966 bits per heavy atom. The topological polar surface area (TPSA) is 75.3 Å². The van der Waals surface area contributed by atoms with Crippen molar-refractivity contribution in [2.75, 3.05) is 6.54 Å². The van der Waals surface area contributed by atoms with Crippen LogP contribution in [0.4, 0.5) is 0 Å². The molecule has 5 nitrogen and oxygen atoms in total. The summed E-state index contributed by atoms with van der Waals surface area (Å²) in [6.45, 7) is 0.395. The Bertz CT molecular complexity index is 1020. The van der Waals surface area contributed by atoms with E-state index in [1.54, 1.807) is 23.6 Å². The first-order valence-corrected chi connectivity index (χ1v) is 11.8. The molecule has 2 N–H and O–H groups in total. The number of benzene rings is 2. The average Bonchev–Trinajstić information content (AvgIpc) is 3.25. The molecule has 0 aliphatic rings. The second kappa shape index (κ2) is 10.0. The number of carbonyl (C=O) groups is 1. The van der Waals surface area contributed by atoms with Gasteiger partial charge in [0.2, 0.25) is 5.91 Å². The molecule has 1 heterocycles. The van der Waals surface area contributed by atoms with E-state index in [1.165, 1.54) is 6.07 Å². The minimum atomic E-state index is -3.77. The van der Waals surface area contributed by atoms with Crippen molar-refractivity contribution in [1.29, 1.82) is 0 Å². The zero-order valence-electron chi connectivity index (χ0n) is 15.5. The van der Waals surface area contributed by atoms with E-state index in [4.69, 9.17) is 11.6 Å². The third-order valence-electron chi connectivity index (χ3n) is 4.28. The SMILES string of the molecule is O=C(NCCc1ccc(Cl)cc1)[C@H](Cc1ccccc1)NS(=O)(=O)c1cccs1. The number of thiophene rings is 1. The Labute approximate surface area is 179 Å². The largest absolute Gasteiger partial charge is 0.354 e. The minimum Gasteiger partial charge on any atom is -0.354 e. The smallest absolute Gasteiger partial charge is 0.250 e. The third-order valence-corrected chi connectivity index (χ3v) is 7.40. The van der Waals surface area contributed by atoms with Gasteiger partial charge in [0.15, 0.2) is 0 Å². The van der Waals surface area contributed by atoms with Gasteiger partial charge in [-0.05, 0) is 47.5 Å². The van der Waals surface area contributed by atoms with Crippen LogP contribution in [-0.4, -0.2) is 26.9 Å². The summed E-state index contributed by atoms with van der Waals surface area (Å²) in [5.74, 6) is -0.358. The highest BCUT2D eigenvalue weighted by molar-refractivity contribution is 7.91. The molecule has 0 saturated heterocycles. The van der Waals surface area contributed by atoms with Crippen molar-refractivity contribution < 1.29 is 13.2 Å². The number of nitrogens with one attached hydrogen (secondary N) is 2. The highest BCUT2D eigenvalue weighted by Gasteiger charge is 2.26. The Morgan fingerprint density at radius 3 is 2.34 bits per heavy atom. The molecule has 0 spiro atoms. The molecule has 1 amide bonds. The predicted molar refractivity (Wildman–Crippen MR) is 117 cm³/mol. The fourth-order valence-corrected chi connectivity index (χ4v) is 5.13. The molecule has 1 atom stereocenters. The van der Waals surface area contributed by atoms with Crippen LogP contribution in [0.5, 0.6) is 0 Å². The van der Waals surface area contributed by atoms with Crippen molar-refractivity contribution in [2.24, 2.45) is 0 Å². The molecule has 3 aromatic rings. The number of hydrogen-bond donors (Lipinski definition) is 2. The van der Waals surface area contributed by atoms with Gasteiger partial charge < -0.3 is 5.32 Å². The number of rotatable bonds is 9. The highest BCUT2D eigenvalue weighted by Crippen LogP contribution is 2.17. The lowest BCUT2D eigenvalue weighted by Gasteiger charge is -2.18.